The highest BCUT2D eigenvalue weighted by Gasteiger charge is 2.10. The zero-order valence-electron chi connectivity index (χ0n) is 8.80. The minimum Gasteiger partial charge on any atom is -0.370 e. The Balaban J connectivity index is 2.89. The Morgan fingerprint density at radius 1 is 1.53 bits per heavy atom. The molecule has 0 spiro atoms. The molecule has 5 heteroatoms. The summed E-state index contributed by atoms with van der Waals surface area (Å²) in [5.41, 5.74) is 0.250. The molecule has 0 aliphatic carbocycles. The third-order valence-electron chi connectivity index (χ3n) is 1.84. The summed E-state index contributed by atoms with van der Waals surface area (Å²) < 4.78 is 0. The standard InChI is InChI=1S/C10H14ClN3O/c1-3-6-13-8-5-4-7(11)9(14-8)10(15)12-2/h4-5H,3,6H2,1-2H3,(H,12,15)(H,13,14). The summed E-state index contributed by atoms with van der Waals surface area (Å²) in [6.07, 6.45) is 1.000. The fraction of sp³-hybridized carbons (Fsp3) is 0.400. The Kier molecular flexibility index (Phi) is 4.37. The maximum atomic E-state index is 11.4. The molecule has 0 saturated heterocycles. The van der Waals surface area contributed by atoms with Gasteiger partial charge in [-0.3, -0.25) is 4.79 Å². The number of halogens is 1. The first-order valence-corrected chi connectivity index (χ1v) is 5.19. The molecule has 1 rings (SSSR count). The lowest BCUT2D eigenvalue weighted by Gasteiger charge is -2.07. The van der Waals surface area contributed by atoms with Crippen molar-refractivity contribution in [1.82, 2.24) is 10.3 Å². The molecular weight excluding hydrogens is 214 g/mol. The molecule has 1 aromatic heterocycles. The lowest BCUT2D eigenvalue weighted by Crippen LogP contribution is -2.20. The molecule has 0 aliphatic rings. The van der Waals surface area contributed by atoms with Crippen LogP contribution in [-0.4, -0.2) is 24.5 Å². The average molecular weight is 228 g/mol. The van der Waals surface area contributed by atoms with Crippen LogP contribution in [0.25, 0.3) is 0 Å². The van der Waals surface area contributed by atoms with Crippen LogP contribution in [0.5, 0.6) is 0 Å². The van der Waals surface area contributed by atoms with Gasteiger partial charge >= 0.3 is 0 Å². The van der Waals surface area contributed by atoms with Crippen LogP contribution in [0.2, 0.25) is 5.02 Å². The number of pyridine rings is 1. The largest absolute Gasteiger partial charge is 0.370 e. The van der Waals surface area contributed by atoms with Crippen LogP contribution < -0.4 is 10.6 Å². The van der Waals surface area contributed by atoms with E-state index in [4.69, 9.17) is 11.6 Å². The minimum atomic E-state index is -0.278. The quantitative estimate of drug-likeness (QED) is 0.826. The van der Waals surface area contributed by atoms with Crippen LogP contribution in [0.15, 0.2) is 12.1 Å². The molecule has 0 atom stereocenters. The second-order valence-electron chi connectivity index (χ2n) is 3.03. The minimum absolute atomic E-state index is 0.250. The summed E-state index contributed by atoms with van der Waals surface area (Å²) in [5.74, 6) is 0.389. The molecule has 0 aliphatic heterocycles. The van der Waals surface area contributed by atoms with Crippen LogP contribution in [0.4, 0.5) is 5.82 Å². The first kappa shape index (κ1) is 11.8. The van der Waals surface area contributed by atoms with Gasteiger partial charge in [-0.1, -0.05) is 18.5 Å². The van der Waals surface area contributed by atoms with E-state index in [1.165, 1.54) is 0 Å². The lowest BCUT2D eigenvalue weighted by atomic mass is 10.3. The third-order valence-corrected chi connectivity index (χ3v) is 2.15. The first-order valence-electron chi connectivity index (χ1n) is 4.81. The highest BCUT2D eigenvalue weighted by Crippen LogP contribution is 2.16. The van der Waals surface area contributed by atoms with E-state index in [1.807, 2.05) is 0 Å². The number of amides is 1. The van der Waals surface area contributed by atoms with Gasteiger partial charge in [-0.05, 0) is 18.6 Å². The number of aromatic nitrogens is 1. The maximum Gasteiger partial charge on any atom is 0.271 e. The van der Waals surface area contributed by atoms with E-state index in [-0.39, 0.29) is 11.6 Å². The predicted octanol–water partition coefficient (Wildman–Crippen LogP) is 1.92. The van der Waals surface area contributed by atoms with Gasteiger partial charge < -0.3 is 10.6 Å². The van der Waals surface area contributed by atoms with Crippen LogP contribution in [0.3, 0.4) is 0 Å². The smallest absolute Gasteiger partial charge is 0.271 e. The third kappa shape index (κ3) is 3.09. The molecule has 0 saturated carbocycles. The molecule has 0 unspecified atom stereocenters. The van der Waals surface area contributed by atoms with Gasteiger partial charge in [0, 0.05) is 13.6 Å². The van der Waals surface area contributed by atoms with Crippen molar-refractivity contribution in [2.75, 3.05) is 18.9 Å². The number of hydrogen-bond donors (Lipinski definition) is 2. The first-order chi connectivity index (χ1) is 7.19. The number of nitrogens with one attached hydrogen (secondary N) is 2. The molecule has 0 radical (unpaired) electrons. The van der Waals surface area contributed by atoms with Crippen molar-refractivity contribution in [3.05, 3.63) is 22.8 Å². The fourth-order valence-electron chi connectivity index (χ4n) is 1.07. The summed E-state index contributed by atoms with van der Waals surface area (Å²) in [6.45, 7) is 2.88. The van der Waals surface area contributed by atoms with Crippen LogP contribution in [0, 0.1) is 0 Å². The van der Waals surface area contributed by atoms with Gasteiger partial charge in [0.2, 0.25) is 0 Å². The summed E-state index contributed by atoms with van der Waals surface area (Å²) >= 11 is 5.85. The topological polar surface area (TPSA) is 54.0 Å². The molecular formula is C10H14ClN3O. The van der Waals surface area contributed by atoms with E-state index < -0.39 is 0 Å². The monoisotopic (exact) mass is 227 g/mol. The normalized spacial score (nSPS) is 9.80. The molecule has 1 amide bonds. The van der Waals surface area contributed by atoms with Crippen LogP contribution >= 0.6 is 11.6 Å². The van der Waals surface area contributed by atoms with Gasteiger partial charge in [0.05, 0.1) is 5.02 Å². The number of carbonyl (C=O) groups excluding carboxylic acids is 1. The molecule has 0 fully saturated rings. The number of nitrogens with zero attached hydrogens (tertiary/aromatic N) is 1. The van der Waals surface area contributed by atoms with E-state index in [0.717, 1.165) is 13.0 Å². The molecule has 0 aromatic carbocycles. The summed E-state index contributed by atoms with van der Waals surface area (Å²) in [6, 6.07) is 3.42. The van der Waals surface area contributed by atoms with Crippen LogP contribution in [0.1, 0.15) is 23.8 Å². The van der Waals surface area contributed by atoms with Gasteiger partial charge in [-0.2, -0.15) is 0 Å². The highest BCUT2D eigenvalue weighted by molar-refractivity contribution is 6.33. The van der Waals surface area contributed by atoms with E-state index in [9.17, 15) is 4.79 Å². The van der Waals surface area contributed by atoms with Gasteiger partial charge in [-0.25, -0.2) is 4.98 Å². The van der Waals surface area contributed by atoms with Crippen molar-refractivity contribution in [2.24, 2.45) is 0 Å². The molecule has 82 valence electrons. The Hall–Kier alpha value is -1.29. The fourth-order valence-corrected chi connectivity index (χ4v) is 1.26. The van der Waals surface area contributed by atoms with E-state index in [1.54, 1.807) is 19.2 Å². The Labute approximate surface area is 94.0 Å². The van der Waals surface area contributed by atoms with Gasteiger partial charge in [0.15, 0.2) is 0 Å². The maximum absolute atomic E-state index is 11.4. The Bertz CT molecular complexity index is 355. The summed E-state index contributed by atoms with van der Waals surface area (Å²) in [4.78, 5) is 15.5. The number of anilines is 1. The van der Waals surface area contributed by atoms with Gasteiger partial charge in [0.25, 0.3) is 5.91 Å². The van der Waals surface area contributed by atoms with Gasteiger partial charge in [-0.15, -0.1) is 0 Å². The summed E-state index contributed by atoms with van der Waals surface area (Å²) in [7, 11) is 1.55. The summed E-state index contributed by atoms with van der Waals surface area (Å²) in [5, 5.41) is 5.94. The zero-order valence-corrected chi connectivity index (χ0v) is 9.56. The van der Waals surface area contributed by atoms with Crippen molar-refractivity contribution in [2.45, 2.75) is 13.3 Å². The van der Waals surface area contributed by atoms with Crippen molar-refractivity contribution < 1.29 is 4.79 Å². The van der Waals surface area contributed by atoms with Crippen molar-refractivity contribution >= 4 is 23.3 Å². The predicted molar refractivity (Wildman–Crippen MR) is 61.4 cm³/mol. The molecule has 1 heterocycles. The second kappa shape index (κ2) is 5.56. The van der Waals surface area contributed by atoms with E-state index in [2.05, 4.69) is 22.5 Å². The molecule has 15 heavy (non-hydrogen) atoms. The second-order valence-corrected chi connectivity index (χ2v) is 3.44. The van der Waals surface area contributed by atoms with E-state index in [0.29, 0.717) is 10.8 Å². The average Bonchev–Trinajstić information content (AvgIpc) is 2.27. The van der Waals surface area contributed by atoms with E-state index >= 15 is 0 Å². The van der Waals surface area contributed by atoms with Crippen molar-refractivity contribution in [1.29, 1.82) is 0 Å². The van der Waals surface area contributed by atoms with Crippen molar-refractivity contribution in [3.63, 3.8) is 0 Å². The highest BCUT2D eigenvalue weighted by atomic mass is 35.5. The molecule has 0 bridgehead atoms. The SMILES string of the molecule is CCCNc1ccc(Cl)c(C(=O)NC)n1. The number of hydrogen-bond acceptors (Lipinski definition) is 3. The molecule has 1 aromatic rings. The van der Waals surface area contributed by atoms with Crippen LogP contribution in [-0.2, 0) is 0 Å². The Morgan fingerprint density at radius 3 is 2.87 bits per heavy atom. The van der Waals surface area contributed by atoms with Gasteiger partial charge in [0.1, 0.15) is 11.5 Å². The number of carbonyl (C=O) groups is 1. The Morgan fingerprint density at radius 2 is 2.27 bits per heavy atom. The molecule has 4 nitrogen and oxygen atoms in total. The lowest BCUT2D eigenvalue weighted by molar-refractivity contribution is 0.0958. The molecule has 2 N–H and O–H groups in total. The van der Waals surface area contributed by atoms with Crippen molar-refractivity contribution in [3.8, 4) is 0 Å². The zero-order chi connectivity index (χ0) is 11.3. The number of rotatable bonds is 4.